The van der Waals surface area contributed by atoms with Crippen molar-refractivity contribution in [1.29, 1.82) is 0 Å². The van der Waals surface area contributed by atoms with Gasteiger partial charge in [0.05, 0.1) is 5.56 Å². The number of rotatable bonds is 3. The van der Waals surface area contributed by atoms with E-state index in [1.54, 1.807) is 6.08 Å². The highest BCUT2D eigenvalue weighted by Gasteiger charge is 2.31. The Labute approximate surface area is 101 Å². The van der Waals surface area contributed by atoms with Gasteiger partial charge in [-0.3, -0.25) is 0 Å². The van der Waals surface area contributed by atoms with Gasteiger partial charge in [-0.05, 0) is 18.2 Å². The molecule has 0 aliphatic rings. The first-order valence-corrected chi connectivity index (χ1v) is 5.12. The minimum atomic E-state index is -4.40. The first-order valence-electron chi connectivity index (χ1n) is 4.30. The molecule has 0 atom stereocenters. The Bertz CT molecular complexity index is 388. The highest BCUT2D eigenvalue weighted by molar-refractivity contribution is 6.31. The van der Waals surface area contributed by atoms with E-state index in [2.05, 4.69) is 5.32 Å². The summed E-state index contributed by atoms with van der Waals surface area (Å²) < 4.78 is 37.2. The number of anilines is 1. The molecule has 0 saturated carbocycles. The number of nitrogens with one attached hydrogen (secondary N) is 1. The second-order valence-electron chi connectivity index (χ2n) is 2.97. The summed E-state index contributed by atoms with van der Waals surface area (Å²) in [6.07, 6.45) is -2.83. The van der Waals surface area contributed by atoms with Gasteiger partial charge in [-0.1, -0.05) is 29.3 Å². The predicted molar refractivity (Wildman–Crippen MR) is 59.9 cm³/mol. The van der Waals surface area contributed by atoms with Crippen molar-refractivity contribution in [2.24, 2.45) is 0 Å². The van der Waals surface area contributed by atoms with E-state index < -0.39 is 11.7 Å². The molecule has 0 radical (unpaired) electrons. The molecule has 1 rings (SSSR count). The molecule has 16 heavy (non-hydrogen) atoms. The van der Waals surface area contributed by atoms with Crippen LogP contribution in [0.25, 0.3) is 0 Å². The first-order chi connectivity index (χ1) is 7.43. The second-order valence-corrected chi connectivity index (χ2v) is 3.66. The maximum atomic E-state index is 12.4. The summed E-state index contributed by atoms with van der Waals surface area (Å²) >= 11 is 10.9. The molecular weight excluding hydrogens is 262 g/mol. The van der Waals surface area contributed by atoms with Crippen LogP contribution in [-0.2, 0) is 6.18 Å². The minimum Gasteiger partial charge on any atom is -0.381 e. The second kappa shape index (κ2) is 5.46. The molecule has 1 N–H and O–H groups in total. The Kier molecular flexibility index (Phi) is 4.50. The summed E-state index contributed by atoms with van der Waals surface area (Å²) in [5.74, 6) is 0. The molecule has 1 aromatic carbocycles. The number of halogens is 5. The fraction of sp³-hybridized carbons (Fsp3) is 0.200. The van der Waals surface area contributed by atoms with Gasteiger partial charge in [-0.25, -0.2) is 0 Å². The van der Waals surface area contributed by atoms with E-state index in [4.69, 9.17) is 23.2 Å². The van der Waals surface area contributed by atoms with Crippen molar-refractivity contribution < 1.29 is 13.2 Å². The van der Waals surface area contributed by atoms with Crippen molar-refractivity contribution in [2.75, 3.05) is 11.9 Å². The molecule has 0 unspecified atom stereocenters. The van der Waals surface area contributed by atoms with Crippen LogP contribution >= 0.6 is 23.2 Å². The predicted octanol–water partition coefficient (Wildman–Crippen LogP) is 4.52. The Morgan fingerprint density at radius 3 is 2.50 bits per heavy atom. The maximum absolute atomic E-state index is 12.4. The van der Waals surface area contributed by atoms with E-state index in [0.29, 0.717) is 12.2 Å². The number of hydrogen-bond donors (Lipinski definition) is 1. The van der Waals surface area contributed by atoms with Gasteiger partial charge in [-0.15, -0.1) is 0 Å². The molecule has 0 aromatic heterocycles. The molecule has 0 amide bonds. The zero-order valence-corrected chi connectivity index (χ0v) is 9.50. The number of hydrogen-bond acceptors (Lipinski definition) is 1. The van der Waals surface area contributed by atoms with Crippen LogP contribution in [-0.4, -0.2) is 6.54 Å². The zero-order valence-electron chi connectivity index (χ0n) is 7.98. The minimum absolute atomic E-state index is 0.0344. The molecule has 0 heterocycles. The molecule has 1 aromatic rings. The summed E-state index contributed by atoms with van der Waals surface area (Å²) in [5.41, 5.74) is 0.800. The smallest absolute Gasteiger partial charge is 0.381 e. The van der Waals surface area contributed by atoms with E-state index in [1.807, 2.05) is 0 Å². The average Bonchev–Trinajstić information content (AvgIpc) is 2.16. The summed E-state index contributed by atoms with van der Waals surface area (Å²) in [4.78, 5) is 0. The molecule has 6 heteroatoms. The van der Waals surface area contributed by atoms with Crippen LogP contribution in [0.2, 0.25) is 5.02 Å². The Morgan fingerprint density at radius 1 is 1.25 bits per heavy atom. The van der Waals surface area contributed by atoms with Gasteiger partial charge in [0.2, 0.25) is 0 Å². The third-order valence-corrected chi connectivity index (χ3v) is 2.13. The molecule has 0 fully saturated rings. The summed E-state index contributed by atoms with van der Waals surface area (Å²) in [6, 6.07) is 3.29. The van der Waals surface area contributed by atoms with Crippen LogP contribution in [0.5, 0.6) is 0 Å². The lowest BCUT2D eigenvalue weighted by molar-refractivity contribution is -0.137. The zero-order chi connectivity index (χ0) is 12.2. The average molecular weight is 270 g/mol. The SMILES string of the molecule is FC(F)(F)c1cc(Cl)cc(NC/C=C/Cl)c1. The van der Waals surface area contributed by atoms with E-state index in [0.717, 1.165) is 12.1 Å². The Morgan fingerprint density at radius 2 is 1.94 bits per heavy atom. The Balaban J connectivity index is 2.90. The lowest BCUT2D eigenvalue weighted by Crippen LogP contribution is -2.06. The van der Waals surface area contributed by atoms with Gasteiger partial charge < -0.3 is 5.32 Å². The number of benzene rings is 1. The topological polar surface area (TPSA) is 12.0 Å². The van der Waals surface area contributed by atoms with Gasteiger partial charge in [0, 0.05) is 22.8 Å². The van der Waals surface area contributed by atoms with Crippen molar-refractivity contribution in [1.82, 2.24) is 0 Å². The van der Waals surface area contributed by atoms with Crippen LogP contribution < -0.4 is 5.32 Å². The third kappa shape index (κ3) is 3.94. The highest BCUT2D eigenvalue weighted by atomic mass is 35.5. The molecule has 88 valence electrons. The third-order valence-electron chi connectivity index (χ3n) is 1.74. The fourth-order valence-corrected chi connectivity index (χ4v) is 1.40. The van der Waals surface area contributed by atoms with Crippen LogP contribution in [0.4, 0.5) is 18.9 Å². The quantitative estimate of drug-likeness (QED) is 0.851. The molecular formula is C10H8Cl2F3N. The van der Waals surface area contributed by atoms with Gasteiger partial charge >= 0.3 is 6.18 Å². The summed E-state index contributed by atoms with van der Waals surface area (Å²) in [6.45, 7) is 0.334. The summed E-state index contributed by atoms with van der Waals surface area (Å²) in [5, 5.41) is 2.78. The van der Waals surface area contributed by atoms with Crippen LogP contribution in [0.1, 0.15) is 5.56 Å². The normalized spacial score (nSPS) is 12.1. The van der Waals surface area contributed by atoms with E-state index >= 15 is 0 Å². The highest BCUT2D eigenvalue weighted by Crippen LogP contribution is 2.33. The lowest BCUT2D eigenvalue weighted by Gasteiger charge is -2.10. The van der Waals surface area contributed by atoms with E-state index in [-0.39, 0.29) is 5.02 Å². The van der Waals surface area contributed by atoms with Gasteiger partial charge in [0.15, 0.2) is 0 Å². The summed E-state index contributed by atoms with van der Waals surface area (Å²) in [7, 11) is 0. The lowest BCUT2D eigenvalue weighted by atomic mass is 10.2. The van der Waals surface area contributed by atoms with E-state index in [9.17, 15) is 13.2 Å². The number of alkyl halides is 3. The molecule has 0 saturated heterocycles. The molecule has 0 aliphatic heterocycles. The molecule has 1 nitrogen and oxygen atoms in total. The van der Waals surface area contributed by atoms with Crippen LogP contribution in [0, 0.1) is 0 Å². The first kappa shape index (κ1) is 13.2. The van der Waals surface area contributed by atoms with Gasteiger partial charge in [0.1, 0.15) is 0 Å². The largest absolute Gasteiger partial charge is 0.416 e. The van der Waals surface area contributed by atoms with Crippen molar-refractivity contribution in [2.45, 2.75) is 6.18 Å². The van der Waals surface area contributed by atoms with Crippen LogP contribution in [0.3, 0.4) is 0 Å². The standard InChI is InChI=1S/C10H8Cl2F3N/c11-2-1-3-16-9-5-7(10(13,14)15)4-8(12)6-9/h1-2,4-6,16H,3H2/b2-1+. The molecule has 0 aliphatic carbocycles. The van der Waals surface area contributed by atoms with Crippen molar-refractivity contribution in [3.8, 4) is 0 Å². The van der Waals surface area contributed by atoms with E-state index in [1.165, 1.54) is 11.6 Å². The monoisotopic (exact) mass is 269 g/mol. The van der Waals surface area contributed by atoms with Gasteiger partial charge in [0.25, 0.3) is 0 Å². The Hall–Kier alpha value is -0.870. The molecule has 0 spiro atoms. The van der Waals surface area contributed by atoms with Crippen molar-refractivity contribution in [3.63, 3.8) is 0 Å². The maximum Gasteiger partial charge on any atom is 0.416 e. The van der Waals surface area contributed by atoms with Gasteiger partial charge in [-0.2, -0.15) is 13.2 Å². The van der Waals surface area contributed by atoms with Crippen molar-refractivity contribution in [3.05, 3.63) is 40.4 Å². The van der Waals surface area contributed by atoms with Crippen molar-refractivity contribution >= 4 is 28.9 Å². The van der Waals surface area contributed by atoms with Crippen LogP contribution in [0.15, 0.2) is 29.8 Å². The molecule has 0 bridgehead atoms. The fourth-order valence-electron chi connectivity index (χ4n) is 1.08.